The molecule has 0 radical (unpaired) electrons. The summed E-state index contributed by atoms with van der Waals surface area (Å²) in [5, 5.41) is 0. The van der Waals surface area contributed by atoms with Crippen LogP contribution < -0.4 is 4.90 Å². The van der Waals surface area contributed by atoms with Gasteiger partial charge in [-0.2, -0.15) is 0 Å². The van der Waals surface area contributed by atoms with Crippen LogP contribution in [0.4, 0.5) is 5.69 Å². The molecule has 5 heteroatoms. The quantitative estimate of drug-likeness (QED) is 0.764. The molecular weight excluding hydrogens is 338 g/mol. The van der Waals surface area contributed by atoms with E-state index in [1.54, 1.807) is 24.3 Å². The number of hydrogen-bond acceptors (Lipinski definition) is 4. The van der Waals surface area contributed by atoms with Crippen LogP contribution in [0.15, 0.2) is 48.5 Å². The van der Waals surface area contributed by atoms with Gasteiger partial charge in [-0.25, -0.2) is 0 Å². The molecule has 2 aromatic rings. The first kappa shape index (κ1) is 17.7. The standard InChI is InChI=1S/C22H25N3O2/c1-23(16-25-21(26)19-7-3-4-8-20(19)22(25)27)15-17-9-11-18(12-10-17)24-13-5-2-6-14-24/h3-4,7-12H,2,5-6,13-16H2,1H3. The van der Waals surface area contributed by atoms with Crippen molar-refractivity contribution in [2.45, 2.75) is 25.8 Å². The second kappa shape index (κ2) is 7.53. The smallest absolute Gasteiger partial charge is 0.262 e. The Morgan fingerprint density at radius 3 is 2.04 bits per heavy atom. The Bertz CT molecular complexity index is 806. The minimum Gasteiger partial charge on any atom is -0.372 e. The summed E-state index contributed by atoms with van der Waals surface area (Å²) in [6.07, 6.45) is 3.87. The van der Waals surface area contributed by atoms with E-state index in [1.165, 1.54) is 35.4 Å². The van der Waals surface area contributed by atoms with Crippen molar-refractivity contribution in [1.29, 1.82) is 0 Å². The summed E-state index contributed by atoms with van der Waals surface area (Å²) in [4.78, 5) is 30.7. The van der Waals surface area contributed by atoms with Crippen LogP contribution in [0, 0.1) is 0 Å². The number of nitrogens with zero attached hydrogens (tertiary/aromatic N) is 3. The van der Waals surface area contributed by atoms with E-state index in [9.17, 15) is 9.59 Å². The minimum atomic E-state index is -0.206. The van der Waals surface area contributed by atoms with Crippen molar-refractivity contribution in [3.05, 3.63) is 65.2 Å². The van der Waals surface area contributed by atoms with Gasteiger partial charge in [0.25, 0.3) is 11.8 Å². The minimum absolute atomic E-state index is 0.206. The first-order chi connectivity index (χ1) is 13.1. The van der Waals surface area contributed by atoms with Gasteiger partial charge in [-0.05, 0) is 56.1 Å². The van der Waals surface area contributed by atoms with E-state index in [-0.39, 0.29) is 11.8 Å². The van der Waals surface area contributed by atoms with Crippen LogP contribution in [0.25, 0.3) is 0 Å². The molecule has 2 aromatic carbocycles. The molecule has 0 spiro atoms. The highest BCUT2D eigenvalue weighted by Gasteiger charge is 2.35. The van der Waals surface area contributed by atoms with Crippen LogP contribution in [0.2, 0.25) is 0 Å². The van der Waals surface area contributed by atoms with Crippen molar-refractivity contribution in [1.82, 2.24) is 9.80 Å². The van der Waals surface area contributed by atoms with Crippen LogP contribution >= 0.6 is 0 Å². The summed E-state index contributed by atoms with van der Waals surface area (Å²) in [5.74, 6) is -0.411. The maximum absolute atomic E-state index is 12.5. The van der Waals surface area contributed by atoms with E-state index in [0.29, 0.717) is 24.3 Å². The van der Waals surface area contributed by atoms with Gasteiger partial charge in [0.05, 0.1) is 17.8 Å². The molecular formula is C22H25N3O2. The Kier molecular flexibility index (Phi) is 4.94. The zero-order chi connectivity index (χ0) is 18.8. The lowest BCUT2D eigenvalue weighted by molar-refractivity contribution is 0.0559. The Morgan fingerprint density at radius 2 is 1.44 bits per heavy atom. The van der Waals surface area contributed by atoms with E-state index in [0.717, 1.165) is 13.1 Å². The van der Waals surface area contributed by atoms with Crippen molar-refractivity contribution < 1.29 is 9.59 Å². The van der Waals surface area contributed by atoms with E-state index in [1.807, 2.05) is 11.9 Å². The Morgan fingerprint density at radius 1 is 0.852 bits per heavy atom. The highest BCUT2D eigenvalue weighted by Crippen LogP contribution is 2.23. The van der Waals surface area contributed by atoms with Crippen LogP contribution in [0.1, 0.15) is 45.5 Å². The average molecular weight is 363 g/mol. The van der Waals surface area contributed by atoms with Gasteiger partial charge >= 0.3 is 0 Å². The molecule has 1 saturated heterocycles. The van der Waals surface area contributed by atoms with E-state index >= 15 is 0 Å². The predicted molar refractivity (Wildman–Crippen MR) is 106 cm³/mol. The topological polar surface area (TPSA) is 43.9 Å². The number of hydrogen-bond donors (Lipinski definition) is 0. The molecule has 140 valence electrons. The maximum atomic E-state index is 12.5. The van der Waals surface area contributed by atoms with E-state index in [2.05, 4.69) is 29.2 Å². The van der Waals surface area contributed by atoms with Gasteiger partial charge in [-0.3, -0.25) is 19.4 Å². The number of fused-ring (bicyclic) bond motifs is 1. The predicted octanol–water partition coefficient (Wildman–Crippen LogP) is 3.36. The highest BCUT2D eigenvalue weighted by atomic mass is 16.2. The third-order valence-corrected chi connectivity index (χ3v) is 5.37. The van der Waals surface area contributed by atoms with Crippen LogP contribution in [-0.4, -0.2) is 48.4 Å². The number of imide groups is 1. The van der Waals surface area contributed by atoms with Gasteiger partial charge in [-0.15, -0.1) is 0 Å². The van der Waals surface area contributed by atoms with Crippen LogP contribution in [0.5, 0.6) is 0 Å². The first-order valence-corrected chi connectivity index (χ1v) is 9.61. The van der Waals surface area contributed by atoms with Gasteiger partial charge in [0, 0.05) is 25.3 Å². The SMILES string of the molecule is CN(Cc1ccc(N2CCCCC2)cc1)CN1C(=O)c2ccccc2C1=O. The summed E-state index contributed by atoms with van der Waals surface area (Å²) in [6.45, 7) is 3.26. The lowest BCUT2D eigenvalue weighted by Gasteiger charge is -2.29. The van der Waals surface area contributed by atoms with Crippen molar-refractivity contribution >= 4 is 17.5 Å². The van der Waals surface area contributed by atoms with E-state index in [4.69, 9.17) is 0 Å². The molecule has 0 bridgehead atoms. The van der Waals surface area contributed by atoms with Gasteiger partial charge < -0.3 is 4.90 Å². The van der Waals surface area contributed by atoms with Gasteiger partial charge in [0.15, 0.2) is 0 Å². The summed E-state index contributed by atoms with van der Waals surface area (Å²) in [5.41, 5.74) is 3.46. The van der Waals surface area contributed by atoms with Crippen LogP contribution in [-0.2, 0) is 6.54 Å². The number of carbonyl (C=O) groups is 2. The number of amides is 2. The summed E-state index contributed by atoms with van der Waals surface area (Å²) < 4.78 is 0. The lowest BCUT2D eigenvalue weighted by Crippen LogP contribution is -2.39. The third-order valence-electron chi connectivity index (χ3n) is 5.37. The fourth-order valence-electron chi connectivity index (χ4n) is 3.93. The first-order valence-electron chi connectivity index (χ1n) is 9.61. The second-order valence-electron chi connectivity index (χ2n) is 7.45. The molecule has 0 saturated carbocycles. The van der Waals surface area contributed by atoms with Gasteiger partial charge in [0.1, 0.15) is 0 Å². The van der Waals surface area contributed by atoms with Crippen molar-refractivity contribution in [3.63, 3.8) is 0 Å². The molecule has 2 amide bonds. The molecule has 27 heavy (non-hydrogen) atoms. The zero-order valence-electron chi connectivity index (χ0n) is 15.7. The van der Waals surface area contributed by atoms with Crippen LogP contribution in [0.3, 0.4) is 0 Å². The molecule has 0 aliphatic carbocycles. The second-order valence-corrected chi connectivity index (χ2v) is 7.45. The normalized spacial score (nSPS) is 17.0. The lowest BCUT2D eigenvalue weighted by atomic mass is 10.1. The summed E-state index contributed by atoms with van der Waals surface area (Å²) >= 11 is 0. The van der Waals surface area contributed by atoms with Crippen molar-refractivity contribution in [3.8, 4) is 0 Å². The Balaban J connectivity index is 1.38. The monoisotopic (exact) mass is 363 g/mol. The van der Waals surface area contributed by atoms with Gasteiger partial charge in [-0.1, -0.05) is 24.3 Å². The molecule has 0 atom stereocenters. The number of piperidine rings is 1. The Hall–Kier alpha value is -2.66. The third kappa shape index (κ3) is 3.60. The average Bonchev–Trinajstić information content (AvgIpc) is 2.94. The zero-order valence-corrected chi connectivity index (χ0v) is 15.7. The molecule has 5 nitrogen and oxygen atoms in total. The fourth-order valence-corrected chi connectivity index (χ4v) is 3.93. The molecule has 2 aliphatic rings. The summed E-state index contributed by atoms with van der Waals surface area (Å²) in [6, 6.07) is 15.7. The highest BCUT2D eigenvalue weighted by molar-refractivity contribution is 6.21. The molecule has 0 N–H and O–H groups in total. The summed E-state index contributed by atoms with van der Waals surface area (Å²) in [7, 11) is 1.93. The molecule has 4 rings (SSSR count). The molecule has 2 heterocycles. The number of rotatable bonds is 5. The molecule has 0 aromatic heterocycles. The number of anilines is 1. The largest absolute Gasteiger partial charge is 0.372 e. The number of benzene rings is 2. The maximum Gasteiger partial charge on any atom is 0.262 e. The Labute approximate surface area is 160 Å². The van der Waals surface area contributed by atoms with Crippen molar-refractivity contribution in [2.75, 3.05) is 31.7 Å². The molecule has 2 aliphatic heterocycles. The number of carbonyl (C=O) groups excluding carboxylic acids is 2. The van der Waals surface area contributed by atoms with E-state index < -0.39 is 0 Å². The van der Waals surface area contributed by atoms with Crippen molar-refractivity contribution in [2.24, 2.45) is 0 Å². The molecule has 1 fully saturated rings. The van der Waals surface area contributed by atoms with Gasteiger partial charge in [0.2, 0.25) is 0 Å². The fraction of sp³-hybridized carbons (Fsp3) is 0.364. The molecule has 0 unspecified atom stereocenters.